The number of carbonyl (C=O) groups is 1. The van der Waals surface area contributed by atoms with Gasteiger partial charge < -0.3 is 10.2 Å². The summed E-state index contributed by atoms with van der Waals surface area (Å²) in [5.41, 5.74) is -0.660. The van der Waals surface area contributed by atoms with Gasteiger partial charge >= 0.3 is 6.18 Å². The molecule has 4 rings (SSSR count). The first kappa shape index (κ1) is 19.9. The smallest absolute Gasteiger partial charge is 0.356 e. The van der Waals surface area contributed by atoms with Gasteiger partial charge in [-0.2, -0.15) is 18.3 Å². The highest BCUT2D eigenvalue weighted by Crippen LogP contribution is 2.31. The molecule has 0 aliphatic carbocycles. The number of benzene rings is 1. The molecule has 1 amide bonds. The lowest BCUT2D eigenvalue weighted by atomic mass is 9.97. The van der Waals surface area contributed by atoms with Crippen LogP contribution < -0.4 is 10.2 Å². The largest absolute Gasteiger partial charge is 0.416 e. The van der Waals surface area contributed by atoms with Gasteiger partial charge in [-0.1, -0.05) is 6.07 Å². The minimum absolute atomic E-state index is 0.134. The van der Waals surface area contributed by atoms with Crippen LogP contribution in [0.5, 0.6) is 0 Å². The summed E-state index contributed by atoms with van der Waals surface area (Å²) in [5.74, 6) is 0.615. The van der Waals surface area contributed by atoms with E-state index in [2.05, 4.69) is 20.4 Å². The van der Waals surface area contributed by atoms with Crippen LogP contribution in [-0.2, 0) is 11.0 Å². The van der Waals surface area contributed by atoms with Crippen LogP contribution in [0, 0.1) is 5.92 Å². The van der Waals surface area contributed by atoms with Crippen LogP contribution in [0.25, 0.3) is 5.82 Å². The molecule has 0 spiro atoms. The second-order valence-electron chi connectivity index (χ2n) is 7.04. The van der Waals surface area contributed by atoms with Crippen molar-refractivity contribution in [3.05, 3.63) is 60.7 Å². The average molecular weight is 416 g/mol. The fraction of sp³-hybridized carbons (Fsp3) is 0.300. The third kappa shape index (κ3) is 4.42. The number of hydrogen-bond acceptors (Lipinski definition) is 5. The summed E-state index contributed by atoms with van der Waals surface area (Å²) in [6, 6.07) is 8.23. The molecule has 3 aromatic rings. The molecule has 1 aliphatic rings. The molecule has 7 nitrogen and oxygen atoms in total. The topological polar surface area (TPSA) is 75.9 Å². The molecule has 3 heterocycles. The number of amides is 1. The first-order chi connectivity index (χ1) is 14.4. The molecule has 1 unspecified atom stereocenters. The summed E-state index contributed by atoms with van der Waals surface area (Å²) in [6.45, 7) is 1.14. The molecule has 1 fully saturated rings. The summed E-state index contributed by atoms with van der Waals surface area (Å²) in [7, 11) is 0. The number of aromatic nitrogens is 4. The van der Waals surface area contributed by atoms with Gasteiger partial charge in [0, 0.05) is 37.2 Å². The van der Waals surface area contributed by atoms with E-state index in [-0.39, 0.29) is 17.5 Å². The predicted octanol–water partition coefficient (Wildman–Crippen LogP) is 3.54. The zero-order valence-electron chi connectivity index (χ0n) is 15.9. The first-order valence-electron chi connectivity index (χ1n) is 9.45. The Bertz CT molecular complexity index is 1020. The maximum Gasteiger partial charge on any atom is 0.416 e. The van der Waals surface area contributed by atoms with Gasteiger partial charge in [-0.25, -0.2) is 14.6 Å². The molecule has 1 aliphatic heterocycles. The Kier molecular flexibility index (Phi) is 5.39. The number of anilines is 2. The predicted molar refractivity (Wildman–Crippen MR) is 104 cm³/mol. The van der Waals surface area contributed by atoms with Crippen LogP contribution in [0.15, 0.2) is 55.1 Å². The Hall–Kier alpha value is -3.43. The highest BCUT2D eigenvalue weighted by atomic mass is 19.4. The molecule has 1 aromatic carbocycles. The van der Waals surface area contributed by atoms with E-state index < -0.39 is 11.7 Å². The number of rotatable bonds is 4. The lowest BCUT2D eigenvalue weighted by Gasteiger charge is -2.32. The lowest BCUT2D eigenvalue weighted by Crippen LogP contribution is -2.41. The van der Waals surface area contributed by atoms with Crippen LogP contribution >= 0.6 is 0 Å². The van der Waals surface area contributed by atoms with E-state index in [1.165, 1.54) is 18.5 Å². The van der Waals surface area contributed by atoms with E-state index in [9.17, 15) is 18.0 Å². The van der Waals surface area contributed by atoms with E-state index >= 15 is 0 Å². The number of carbonyl (C=O) groups excluding carboxylic acids is 1. The number of piperidine rings is 1. The van der Waals surface area contributed by atoms with E-state index in [1.807, 2.05) is 4.90 Å². The van der Waals surface area contributed by atoms with Gasteiger partial charge in [0.25, 0.3) is 0 Å². The minimum atomic E-state index is -4.46. The summed E-state index contributed by atoms with van der Waals surface area (Å²) < 4.78 is 40.3. The number of nitrogens with zero attached hydrogens (tertiary/aromatic N) is 5. The molecule has 0 saturated carbocycles. The molecule has 156 valence electrons. The monoisotopic (exact) mass is 416 g/mol. The van der Waals surface area contributed by atoms with Crippen molar-refractivity contribution in [2.75, 3.05) is 23.3 Å². The normalized spacial score (nSPS) is 17.0. The van der Waals surface area contributed by atoms with Crippen LogP contribution in [0.3, 0.4) is 0 Å². The Balaban J connectivity index is 1.45. The minimum Gasteiger partial charge on any atom is -0.356 e. The van der Waals surface area contributed by atoms with Crippen LogP contribution in [-0.4, -0.2) is 38.7 Å². The van der Waals surface area contributed by atoms with Crippen LogP contribution in [0.2, 0.25) is 0 Å². The number of hydrogen-bond donors (Lipinski definition) is 1. The van der Waals surface area contributed by atoms with E-state index in [1.54, 1.807) is 29.2 Å². The number of alkyl halides is 3. The van der Waals surface area contributed by atoms with Gasteiger partial charge in [0.15, 0.2) is 5.82 Å². The second kappa shape index (κ2) is 8.13. The van der Waals surface area contributed by atoms with Crippen LogP contribution in [0.4, 0.5) is 24.7 Å². The highest BCUT2D eigenvalue weighted by Gasteiger charge is 2.31. The third-order valence-corrected chi connectivity index (χ3v) is 4.95. The summed E-state index contributed by atoms with van der Waals surface area (Å²) >= 11 is 0. The zero-order chi connectivity index (χ0) is 21.1. The average Bonchev–Trinajstić information content (AvgIpc) is 3.29. The van der Waals surface area contributed by atoms with Gasteiger partial charge in [0.2, 0.25) is 5.91 Å². The molecule has 1 saturated heterocycles. The number of halogens is 3. The maximum absolute atomic E-state index is 12.9. The zero-order valence-corrected chi connectivity index (χ0v) is 15.9. The van der Waals surface area contributed by atoms with Gasteiger partial charge in [0.05, 0.1) is 11.5 Å². The Morgan fingerprint density at radius 3 is 2.73 bits per heavy atom. The third-order valence-electron chi connectivity index (χ3n) is 4.95. The van der Waals surface area contributed by atoms with E-state index in [0.29, 0.717) is 24.6 Å². The quantitative estimate of drug-likeness (QED) is 0.704. The maximum atomic E-state index is 12.9. The SMILES string of the molecule is O=C(Nc1cccc(C(F)(F)F)c1)C1CCCN(c2cc(-n3cccn3)ncn2)C1. The van der Waals surface area contributed by atoms with Gasteiger partial charge in [-0.05, 0) is 37.1 Å². The van der Waals surface area contributed by atoms with E-state index in [4.69, 9.17) is 0 Å². The molecule has 1 N–H and O–H groups in total. The Labute approximate surface area is 170 Å². The molecule has 10 heteroatoms. The van der Waals surface area contributed by atoms with Gasteiger partial charge in [-0.15, -0.1) is 0 Å². The van der Waals surface area contributed by atoms with Crippen molar-refractivity contribution in [3.8, 4) is 5.82 Å². The summed E-state index contributed by atoms with van der Waals surface area (Å²) in [4.78, 5) is 23.2. The molecule has 1 atom stereocenters. The van der Waals surface area contributed by atoms with Gasteiger partial charge in [0.1, 0.15) is 12.1 Å². The Morgan fingerprint density at radius 2 is 1.97 bits per heavy atom. The molecule has 30 heavy (non-hydrogen) atoms. The molecular weight excluding hydrogens is 397 g/mol. The van der Waals surface area contributed by atoms with Crippen molar-refractivity contribution >= 4 is 17.4 Å². The molecule has 2 aromatic heterocycles. The van der Waals surface area contributed by atoms with Gasteiger partial charge in [-0.3, -0.25) is 4.79 Å². The molecular formula is C20H19F3N6O. The summed E-state index contributed by atoms with van der Waals surface area (Å²) in [5, 5.41) is 6.77. The standard InChI is InChI=1S/C20H19F3N6O/c21-20(22,23)15-5-1-6-16(10-15)27-19(30)14-4-2-8-28(12-14)17-11-18(25-13-24-17)29-9-3-7-26-29/h1,3,5-7,9-11,13-14H,2,4,8,12H2,(H,27,30). The fourth-order valence-corrected chi connectivity index (χ4v) is 3.46. The fourth-order valence-electron chi connectivity index (χ4n) is 3.46. The van der Waals surface area contributed by atoms with Crippen molar-refractivity contribution in [1.82, 2.24) is 19.7 Å². The first-order valence-corrected chi connectivity index (χ1v) is 9.45. The van der Waals surface area contributed by atoms with Crippen LogP contribution in [0.1, 0.15) is 18.4 Å². The molecule has 0 bridgehead atoms. The second-order valence-corrected chi connectivity index (χ2v) is 7.04. The number of nitrogens with one attached hydrogen (secondary N) is 1. The highest BCUT2D eigenvalue weighted by molar-refractivity contribution is 5.93. The molecule has 0 radical (unpaired) electrons. The van der Waals surface area contributed by atoms with Crippen molar-refractivity contribution in [2.24, 2.45) is 5.92 Å². The van der Waals surface area contributed by atoms with Crippen molar-refractivity contribution in [3.63, 3.8) is 0 Å². The Morgan fingerprint density at radius 1 is 1.13 bits per heavy atom. The van der Waals surface area contributed by atoms with Crippen molar-refractivity contribution in [2.45, 2.75) is 19.0 Å². The van der Waals surface area contributed by atoms with E-state index in [0.717, 1.165) is 25.1 Å². The lowest BCUT2D eigenvalue weighted by molar-refractivity contribution is -0.137. The van der Waals surface area contributed by atoms with Crippen molar-refractivity contribution < 1.29 is 18.0 Å². The van der Waals surface area contributed by atoms with Crippen molar-refractivity contribution in [1.29, 1.82) is 0 Å². The summed E-state index contributed by atoms with van der Waals surface area (Å²) in [6.07, 6.45) is 1.82.